The van der Waals surface area contributed by atoms with Crippen molar-refractivity contribution in [3.8, 4) is 11.4 Å². The fourth-order valence-electron chi connectivity index (χ4n) is 3.03. The zero-order valence-corrected chi connectivity index (χ0v) is 11.9. The number of tetrazole rings is 1. The van der Waals surface area contributed by atoms with Crippen molar-refractivity contribution in [1.29, 1.82) is 0 Å². The summed E-state index contributed by atoms with van der Waals surface area (Å²) in [7, 11) is 0. The van der Waals surface area contributed by atoms with Gasteiger partial charge in [-0.1, -0.05) is 31.4 Å². The fraction of sp³-hybridized carbons (Fsp3) is 0.533. The lowest BCUT2D eigenvalue weighted by Crippen LogP contribution is -2.16. The standard InChI is InChI=1S/C15H21N5/c1-11-13(8-5-9-14(11)16)15-17-18-19-20(15)10-12-6-3-2-4-7-12/h5,8-9,12H,2-4,6-7,10,16H2,1H3. The first kappa shape index (κ1) is 13.1. The number of nitrogens with zero attached hydrogens (tertiary/aromatic N) is 4. The van der Waals surface area contributed by atoms with Crippen LogP contribution in [0.15, 0.2) is 18.2 Å². The van der Waals surface area contributed by atoms with E-state index in [4.69, 9.17) is 5.73 Å². The third kappa shape index (κ3) is 2.53. The molecule has 106 valence electrons. The van der Waals surface area contributed by atoms with Crippen molar-refractivity contribution >= 4 is 5.69 Å². The first-order valence-electron chi connectivity index (χ1n) is 7.37. The predicted octanol–water partition coefficient (Wildman–Crippen LogP) is 2.81. The van der Waals surface area contributed by atoms with E-state index >= 15 is 0 Å². The lowest BCUT2D eigenvalue weighted by atomic mass is 9.89. The molecule has 1 aliphatic rings. The SMILES string of the molecule is Cc1c(N)cccc1-c1nnnn1CC1CCCCC1. The Balaban J connectivity index is 1.87. The summed E-state index contributed by atoms with van der Waals surface area (Å²) in [5, 5.41) is 12.2. The van der Waals surface area contributed by atoms with E-state index in [9.17, 15) is 0 Å². The van der Waals surface area contributed by atoms with Gasteiger partial charge in [-0.25, -0.2) is 4.68 Å². The molecule has 20 heavy (non-hydrogen) atoms. The predicted molar refractivity (Wildman–Crippen MR) is 79.0 cm³/mol. The molecule has 1 aromatic heterocycles. The van der Waals surface area contributed by atoms with Crippen molar-refractivity contribution < 1.29 is 0 Å². The van der Waals surface area contributed by atoms with Gasteiger partial charge in [-0.2, -0.15) is 0 Å². The average molecular weight is 271 g/mol. The van der Waals surface area contributed by atoms with Gasteiger partial charge in [0.25, 0.3) is 0 Å². The van der Waals surface area contributed by atoms with E-state index in [1.807, 2.05) is 29.8 Å². The summed E-state index contributed by atoms with van der Waals surface area (Å²) in [5.74, 6) is 1.53. The van der Waals surface area contributed by atoms with Crippen LogP contribution in [0.3, 0.4) is 0 Å². The monoisotopic (exact) mass is 271 g/mol. The third-order valence-corrected chi connectivity index (χ3v) is 4.30. The first-order valence-corrected chi connectivity index (χ1v) is 7.37. The highest BCUT2D eigenvalue weighted by Gasteiger charge is 2.18. The molecule has 1 heterocycles. The van der Waals surface area contributed by atoms with Crippen molar-refractivity contribution in [3.63, 3.8) is 0 Å². The number of benzene rings is 1. The van der Waals surface area contributed by atoms with Gasteiger partial charge in [-0.15, -0.1) is 5.10 Å². The van der Waals surface area contributed by atoms with Crippen LogP contribution in [-0.2, 0) is 6.54 Å². The number of aromatic nitrogens is 4. The van der Waals surface area contributed by atoms with E-state index in [1.54, 1.807) is 0 Å². The molecule has 0 atom stereocenters. The highest BCUT2D eigenvalue weighted by Crippen LogP contribution is 2.28. The van der Waals surface area contributed by atoms with Gasteiger partial charge >= 0.3 is 0 Å². The Labute approximate surface area is 119 Å². The Hall–Kier alpha value is -1.91. The summed E-state index contributed by atoms with van der Waals surface area (Å²) >= 11 is 0. The summed E-state index contributed by atoms with van der Waals surface area (Å²) in [6.07, 6.45) is 6.61. The molecule has 0 radical (unpaired) electrons. The van der Waals surface area contributed by atoms with Crippen LogP contribution in [0.4, 0.5) is 5.69 Å². The normalized spacial score (nSPS) is 16.4. The maximum atomic E-state index is 5.98. The van der Waals surface area contributed by atoms with Gasteiger partial charge in [0.15, 0.2) is 5.82 Å². The van der Waals surface area contributed by atoms with E-state index in [2.05, 4.69) is 15.5 Å². The van der Waals surface area contributed by atoms with Crippen LogP contribution in [0, 0.1) is 12.8 Å². The zero-order valence-electron chi connectivity index (χ0n) is 11.9. The van der Waals surface area contributed by atoms with E-state index < -0.39 is 0 Å². The molecule has 5 heteroatoms. The molecule has 1 fully saturated rings. The number of nitrogen functional groups attached to an aromatic ring is 1. The summed E-state index contributed by atoms with van der Waals surface area (Å²) in [6, 6.07) is 5.90. The topological polar surface area (TPSA) is 69.6 Å². The maximum Gasteiger partial charge on any atom is 0.182 e. The molecule has 0 amide bonds. The molecular formula is C15H21N5. The summed E-state index contributed by atoms with van der Waals surface area (Å²) in [5.41, 5.74) is 8.85. The van der Waals surface area contributed by atoms with Gasteiger partial charge in [0.2, 0.25) is 0 Å². The Morgan fingerprint density at radius 1 is 1.25 bits per heavy atom. The van der Waals surface area contributed by atoms with Crippen LogP contribution in [0.5, 0.6) is 0 Å². The molecular weight excluding hydrogens is 250 g/mol. The van der Waals surface area contributed by atoms with Crippen molar-refractivity contribution in [2.75, 3.05) is 5.73 Å². The van der Waals surface area contributed by atoms with Crippen LogP contribution < -0.4 is 5.73 Å². The van der Waals surface area contributed by atoms with Crippen molar-refractivity contribution in [2.45, 2.75) is 45.6 Å². The molecule has 0 aliphatic heterocycles. The second kappa shape index (κ2) is 5.61. The largest absolute Gasteiger partial charge is 0.398 e. The molecule has 0 spiro atoms. The highest BCUT2D eigenvalue weighted by atomic mass is 15.5. The van der Waals surface area contributed by atoms with Gasteiger partial charge in [-0.05, 0) is 47.7 Å². The van der Waals surface area contributed by atoms with Crippen molar-refractivity contribution in [1.82, 2.24) is 20.2 Å². The molecule has 1 saturated carbocycles. The van der Waals surface area contributed by atoms with Crippen LogP contribution in [0.25, 0.3) is 11.4 Å². The molecule has 0 unspecified atom stereocenters. The maximum absolute atomic E-state index is 5.98. The van der Waals surface area contributed by atoms with Crippen LogP contribution in [0.2, 0.25) is 0 Å². The molecule has 3 rings (SSSR count). The minimum absolute atomic E-state index is 0.701. The van der Waals surface area contributed by atoms with Gasteiger partial charge in [0.05, 0.1) is 0 Å². The second-order valence-electron chi connectivity index (χ2n) is 5.71. The zero-order chi connectivity index (χ0) is 13.9. The average Bonchev–Trinajstić information content (AvgIpc) is 2.91. The molecule has 0 bridgehead atoms. The Kier molecular flexibility index (Phi) is 3.67. The molecule has 1 aliphatic carbocycles. The van der Waals surface area contributed by atoms with Crippen LogP contribution in [-0.4, -0.2) is 20.2 Å². The van der Waals surface area contributed by atoms with E-state index in [0.29, 0.717) is 5.92 Å². The summed E-state index contributed by atoms with van der Waals surface area (Å²) in [6.45, 7) is 2.93. The van der Waals surface area contributed by atoms with Crippen molar-refractivity contribution in [2.24, 2.45) is 5.92 Å². The van der Waals surface area contributed by atoms with E-state index in [0.717, 1.165) is 29.2 Å². The van der Waals surface area contributed by atoms with Crippen LogP contribution >= 0.6 is 0 Å². The van der Waals surface area contributed by atoms with Gasteiger partial charge in [0.1, 0.15) is 0 Å². The molecule has 5 nitrogen and oxygen atoms in total. The Morgan fingerprint density at radius 2 is 2.05 bits per heavy atom. The summed E-state index contributed by atoms with van der Waals surface area (Å²) < 4.78 is 1.94. The second-order valence-corrected chi connectivity index (χ2v) is 5.71. The number of hydrogen-bond donors (Lipinski definition) is 1. The number of hydrogen-bond acceptors (Lipinski definition) is 4. The quantitative estimate of drug-likeness (QED) is 0.871. The van der Waals surface area contributed by atoms with Crippen LogP contribution in [0.1, 0.15) is 37.7 Å². The number of nitrogens with two attached hydrogens (primary N) is 1. The number of rotatable bonds is 3. The molecule has 0 saturated heterocycles. The third-order valence-electron chi connectivity index (χ3n) is 4.30. The molecule has 2 aromatic rings. The van der Waals surface area contributed by atoms with Gasteiger partial charge < -0.3 is 5.73 Å². The minimum Gasteiger partial charge on any atom is -0.398 e. The van der Waals surface area contributed by atoms with E-state index in [-0.39, 0.29) is 0 Å². The lowest BCUT2D eigenvalue weighted by molar-refractivity contribution is 0.307. The smallest absolute Gasteiger partial charge is 0.182 e. The fourth-order valence-corrected chi connectivity index (χ4v) is 3.03. The first-order chi connectivity index (χ1) is 9.75. The molecule has 2 N–H and O–H groups in total. The Bertz CT molecular complexity index is 584. The van der Waals surface area contributed by atoms with Gasteiger partial charge in [0, 0.05) is 17.8 Å². The Morgan fingerprint density at radius 3 is 2.85 bits per heavy atom. The lowest BCUT2D eigenvalue weighted by Gasteiger charge is -2.21. The summed E-state index contributed by atoms with van der Waals surface area (Å²) in [4.78, 5) is 0. The van der Waals surface area contributed by atoms with Gasteiger partial charge in [-0.3, -0.25) is 0 Å². The minimum atomic E-state index is 0.701. The molecule has 1 aromatic carbocycles. The number of anilines is 1. The van der Waals surface area contributed by atoms with Crippen molar-refractivity contribution in [3.05, 3.63) is 23.8 Å². The highest BCUT2D eigenvalue weighted by molar-refractivity contribution is 5.67. The van der Waals surface area contributed by atoms with E-state index in [1.165, 1.54) is 32.1 Å².